The lowest BCUT2D eigenvalue weighted by Crippen LogP contribution is -2.36. The SMILES string of the molecule is C/C=C\CCCCCCCCOC(COCCCCCCCCC)CN(C)CCCN(C)C. The van der Waals surface area contributed by atoms with Gasteiger partial charge >= 0.3 is 0 Å². The van der Waals surface area contributed by atoms with E-state index in [1.54, 1.807) is 0 Å². The van der Waals surface area contributed by atoms with Crippen molar-refractivity contribution in [3.05, 3.63) is 12.2 Å². The summed E-state index contributed by atoms with van der Waals surface area (Å²) in [5.41, 5.74) is 0. The summed E-state index contributed by atoms with van der Waals surface area (Å²) in [4.78, 5) is 4.67. The molecule has 1 atom stereocenters. The third kappa shape index (κ3) is 26.0. The summed E-state index contributed by atoms with van der Waals surface area (Å²) >= 11 is 0. The molecule has 0 aliphatic heterocycles. The Morgan fingerprint density at radius 3 is 1.94 bits per heavy atom. The lowest BCUT2D eigenvalue weighted by Gasteiger charge is -2.25. The van der Waals surface area contributed by atoms with Gasteiger partial charge in [0.1, 0.15) is 0 Å². The van der Waals surface area contributed by atoms with E-state index in [0.717, 1.165) is 39.5 Å². The Labute approximate surface area is 208 Å². The van der Waals surface area contributed by atoms with Crippen LogP contribution in [-0.2, 0) is 9.47 Å². The average molecular weight is 469 g/mol. The number of unbranched alkanes of at least 4 members (excludes halogenated alkanes) is 12. The second-order valence-electron chi connectivity index (χ2n) is 10.1. The molecule has 0 bridgehead atoms. The van der Waals surface area contributed by atoms with E-state index in [1.807, 2.05) is 0 Å². The molecule has 0 heterocycles. The zero-order chi connectivity index (χ0) is 24.4. The van der Waals surface area contributed by atoms with E-state index in [1.165, 1.54) is 96.3 Å². The number of rotatable bonds is 26. The molecule has 0 spiro atoms. The molecule has 4 heteroatoms. The Balaban J connectivity index is 4.00. The van der Waals surface area contributed by atoms with Crippen LogP contribution < -0.4 is 0 Å². The first-order valence-electron chi connectivity index (χ1n) is 14.2. The van der Waals surface area contributed by atoms with Gasteiger partial charge in [0.05, 0.1) is 12.7 Å². The summed E-state index contributed by atoms with van der Waals surface area (Å²) in [6.07, 6.45) is 24.2. The number of allylic oxidation sites excluding steroid dienone is 2. The highest BCUT2D eigenvalue weighted by Gasteiger charge is 2.13. The first-order chi connectivity index (χ1) is 16.1. The van der Waals surface area contributed by atoms with E-state index >= 15 is 0 Å². The van der Waals surface area contributed by atoms with Crippen molar-refractivity contribution in [3.8, 4) is 0 Å². The van der Waals surface area contributed by atoms with Gasteiger partial charge in [0.15, 0.2) is 0 Å². The fraction of sp³-hybridized carbons (Fsp3) is 0.931. The molecule has 198 valence electrons. The number of ether oxygens (including phenoxy) is 2. The zero-order valence-corrected chi connectivity index (χ0v) is 23.3. The third-order valence-corrected chi connectivity index (χ3v) is 6.21. The summed E-state index contributed by atoms with van der Waals surface area (Å²) in [5, 5.41) is 0. The largest absolute Gasteiger partial charge is 0.379 e. The summed E-state index contributed by atoms with van der Waals surface area (Å²) in [5.74, 6) is 0. The van der Waals surface area contributed by atoms with Crippen molar-refractivity contribution in [1.82, 2.24) is 9.80 Å². The van der Waals surface area contributed by atoms with Gasteiger partial charge in [-0.05, 0) is 73.3 Å². The van der Waals surface area contributed by atoms with Crippen LogP contribution in [0.5, 0.6) is 0 Å². The second-order valence-corrected chi connectivity index (χ2v) is 10.1. The quantitative estimate of drug-likeness (QED) is 0.0980. The fourth-order valence-corrected chi connectivity index (χ4v) is 4.11. The van der Waals surface area contributed by atoms with E-state index in [2.05, 4.69) is 56.9 Å². The minimum absolute atomic E-state index is 0.194. The van der Waals surface area contributed by atoms with E-state index in [0.29, 0.717) is 0 Å². The van der Waals surface area contributed by atoms with E-state index < -0.39 is 0 Å². The van der Waals surface area contributed by atoms with Crippen molar-refractivity contribution in [2.75, 3.05) is 60.6 Å². The first-order valence-corrected chi connectivity index (χ1v) is 14.2. The highest BCUT2D eigenvalue weighted by Crippen LogP contribution is 2.10. The molecule has 0 saturated carbocycles. The van der Waals surface area contributed by atoms with Gasteiger partial charge in [-0.3, -0.25) is 0 Å². The summed E-state index contributed by atoms with van der Waals surface area (Å²) in [7, 11) is 6.51. The topological polar surface area (TPSA) is 24.9 Å². The molecule has 0 aromatic carbocycles. The molecule has 0 N–H and O–H groups in total. The molecule has 0 aliphatic rings. The summed E-state index contributed by atoms with van der Waals surface area (Å²) in [6, 6.07) is 0. The van der Waals surface area contributed by atoms with Gasteiger partial charge in [-0.1, -0.05) is 83.3 Å². The molecular formula is C29H60N2O2. The van der Waals surface area contributed by atoms with Crippen LogP contribution in [0.25, 0.3) is 0 Å². The van der Waals surface area contributed by atoms with Gasteiger partial charge in [0.25, 0.3) is 0 Å². The molecule has 0 radical (unpaired) electrons. The van der Waals surface area contributed by atoms with Crippen LogP contribution in [0.4, 0.5) is 0 Å². The second kappa shape index (κ2) is 26.2. The van der Waals surface area contributed by atoms with Gasteiger partial charge < -0.3 is 19.3 Å². The van der Waals surface area contributed by atoms with E-state index in [9.17, 15) is 0 Å². The lowest BCUT2D eigenvalue weighted by atomic mass is 10.1. The molecule has 4 nitrogen and oxygen atoms in total. The van der Waals surface area contributed by atoms with Gasteiger partial charge in [0, 0.05) is 19.8 Å². The first kappa shape index (κ1) is 32.6. The van der Waals surface area contributed by atoms with Crippen molar-refractivity contribution in [1.29, 1.82) is 0 Å². The fourth-order valence-electron chi connectivity index (χ4n) is 4.11. The molecular weight excluding hydrogens is 408 g/mol. The van der Waals surface area contributed by atoms with Crippen molar-refractivity contribution in [2.24, 2.45) is 0 Å². The number of likely N-dealkylation sites (N-methyl/N-ethyl adjacent to an activating group) is 1. The average Bonchev–Trinajstić information content (AvgIpc) is 2.78. The van der Waals surface area contributed by atoms with Gasteiger partial charge in [-0.15, -0.1) is 0 Å². The summed E-state index contributed by atoms with van der Waals surface area (Å²) < 4.78 is 12.3. The van der Waals surface area contributed by atoms with Crippen LogP contribution in [0.2, 0.25) is 0 Å². The molecule has 0 saturated heterocycles. The Hall–Kier alpha value is -0.420. The number of hydrogen-bond acceptors (Lipinski definition) is 4. The number of hydrogen-bond donors (Lipinski definition) is 0. The molecule has 0 aromatic heterocycles. The predicted octanol–water partition coefficient (Wildman–Crippen LogP) is 7.33. The normalized spacial score (nSPS) is 13.1. The lowest BCUT2D eigenvalue weighted by molar-refractivity contribution is -0.0315. The van der Waals surface area contributed by atoms with Gasteiger partial charge in [-0.25, -0.2) is 0 Å². The van der Waals surface area contributed by atoms with E-state index in [-0.39, 0.29) is 6.10 Å². The third-order valence-electron chi connectivity index (χ3n) is 6.21. The summed E-state index contributed by atoms with van der Waals surface area (Å²) in [6.45, 7) is 10.1. The van der Waals surface area contributed by atoms with Crippen molar-refractivity contribution in [3.63, 3.8) is 0 Å². The molecule has 0 rings (SSSR count). The Bertz CT molecular complexity index is 401. The standard InChI is InChI=1S/C29H60N2O2/c1-6-8-10-12-14-15-17-19-21-26-33-29(27-31(5)24-22-23-30(3)4)28-32-25-20-18-16-13-11-9-7-2/h6,8,29H,7,9-28H2,1-5H3/b8-6-. The zero-order valence-electron chi connectivity index (χ0n) is 23.3. The molecule has 0 amide bonds. The van der Waals surface area contributed by atoms with Crippen LogP contribution in [-0.4, -0.2) is 76.5 Å². The van der Waals surface area contributed by atoms with Crippen molar-refractivity contribution >= 4 is 0 Å². The monoisotopic (exact) mass is 468 g/mol. The maximum absolute atomic E-state index is 6.29. The Morgan fingerprint density at radius 2 is 1.30 bits per heavy atom. The van der Waals surface area contributed by atoms with Gasteiger partial charge in [-0.2, -0.15) is 0 Å². The molecule has 0 fully saturated rings. The maximum atomic E-state index is 6.29. The minimum atomic E-state index is 0.194. The molecule has 0 aromatic rings. The molecule has 33 heavy (non-hydrogen) atoms. The van der Waals surface area contributed by atoms with Gasteiger partial charge in [0.2, 0.25) is 0 Å². The Kier molecular flexibility index (Phi) is 25.9. The van der Waals surface area contributed by atoms with E-state index in [4.69, 9.17) is 9.47 Å². The van der Waals surface area contributed by atoms with Crippen LogP contribution in [0.15, 0.2) is 12.2 Å². The highest BCUT2D eigenvalue weighted by atomic mass is 16.5. The van der Waals surface area contributed by atoms with Crippen LogP contribution in [0, 0.1) is 0 Å². The highest BCUT2D eigenvalue weighted by molar-refractivity contribution is 4.76. The Morgan fingerprint density at radius 1 is 0.697 bits per heavy atom. The maximum Gasteiger partial charge on any atom is 0.0934 e. The smallest absolute Gasteiger partial charge is 0.0934 e. The number of nitrogens with zero attached hydrogens (tertiary/aromatic N) is 2. The molecule has 0 aliphatic carbocycles. The van der Waals surface area contributed by atoms with Crippen LogP contribution in [0.3, 0.4) is 0 Å². The van der Waals surface area contributed by atoms with Crippen LogP contribution >= 0.6 is 0 Å². The minimum Gasteiger partial charge on any atom is -0.379 e. The predicted molar refractivity (Wildman–Crippen MR) is 146 cm³/mol. The molecule has 1 unspecified atom stereocenters. The van der Waals surface area contributed by atoms with Crippen molar-refractivity contribution < 1.29 is 9.47 Å². The van der Waals surface area contributed by atoms with Crippen LogP contribution in [0.1, 0.15) is 110 Å². The van der Waals surface area contributed by atoms with Crippen molar-refractivity contribution in [2.45, 2.75) is 116 Å².